The lowest BCUT2D eigenvalue weighted by molar-refractivity contribution is -0.211. The van der Waals surface area contributed by atoms with E-state index >= 15 is 0 Å². The first-order chi connectivity index (χ1) is 20.3. The fraction of sp³-hybridized carbons (Fsp3) is 0.0690. The Kier molecular flexibility index (Phi) is 7.72. The number of aromatic hydroxyl groups is 1. The Morgan fingerprint density at radius 3 is 2.37 bits per heavy atom. The van der Waals surface area contributed by atoms with Crippen molar-refractivity contribution in [2.24, 2.45) is 0 Å². The SMILES string of the molecule is O=C(NCCc1ccc(OP(=O)([O-])O)cc1)c1ccc(C(=O)O)c(-c2c3cc(F)c(=O)cc-3oc3cc(O)c(F)cc23)c1. The van der Waals surface area contributed by atoms with Gasteiger partial charge in [0.15, 0.2) is 17.4 Å². The number of aromatic carboxylic acids is 1. The highest BCUT2D eigenvalue weighted by molar-refractivity contribution is 7.45. The molecule has 3 aromatic rings. The fourth-order valence-electron chi connectivity index (χ4n) is 4.54. The third-order valence-corrected chi connectivity index (χ3v) is 6.91. The highest BCUT2D eigenvalue weighted by Gasteiger charge is 2.25. The average Bonchev–Trinajstić information content (AvgIpc) is 2.93. The zero-order chi connectivity index (χ0) is 31.1. The summed E-state index contributed by atoms with van der Waals surface area (Å²) in [6.07, 6.45) is 0.301. The summed E-state index contributed by atoms with van der Waals surface area (Å²) in [5.41, 5.74) is -1.01. The Hall–Kier alpha value is -5.10. The van der Waals surface area contributed by atoms with Gasteiger partial charge < -0.3 is 34.3 Å². The monoisotopic (exact) mass is 610 g/mol. The van der Waals surface area contributed by atoms with E-state index in [1.807, 2.05) is 0 Å². The van der Waals surface area contributed by atoms with Crippen LogP contribution in [0.1, 0.15) is 26.3 Å². The lowest BCUT2D eigenvalue weighted by atomic mass is 9.89. The smallest absolute Gasteiger partial charge is 0.336 e. The molecule has 43 heavy (non-hydrogen) atoms. The molecule has 1 amide bonds. The summed E-state index contributed by atoms with van der Waals surface area (Å²) in [6, 6.07) is 12.8. The second-order valence-electron chi connectivity index (χ2n) is 9.33. The average molecular weight is 610 g/mol. The number of halogens is 2. The Labute approximate surface area is 240 Å². The molecule has 0 radical (unpaired) electrons. The molecule has 0 bridgehead atoms. The summed E-state index contributed by atoms with van der Waals surface area (Å²) < 4.78 is 49.8. The van der Waals surface area contributed by atoms with Gasteiger partial charge in [0, 0.05) is 40.8 Å². The van der Waals surface area contributed by atoms with E-state index in [4.69, 9.17) is 9.31 Å². The third-order valence-electron chi connectivity index (χ3n) is 6.47. The lowest BCUT2D eigenvalue weighted by Gasteiger charge is -2.18. The van der Waals surface area contributed by atoms with Gasteiger partial charge in [-0.05, 0) is 60.0 Å². The van der Waals surface area contributed by atoms with Crippen LogP contribution in [0.15, 0.2) is 75.9 Å². The van der Waals surface area contributed by atoms with Crippen LogP contribution in [0, 0.1) is 11.6 Å². The van der Waals surface area contributed by atoms with Gasteiger partial charge in [-0.15, -0.1) is 0 Å². The van der Waals surface area contributed by atoms with Gasteiger partial charge in [0.2, 0.25) is 5.43 Å². The van der Waals surface area contributed by atoms with E-state index in [0.717, 1.165) is 30.3 Å². The number of carboxylic acid groups (broad SMARTS) is 1. The number of amides is 1. The Morgan fingerprint density at radius 1 is 0.977 bits per heavy atom. The molecule has 3 aromatic carbocycles. The van der Waals surface area contributed by atoms with Crippen LogP contribution in [0.3, 0.4) is 0 Å². The first kappa shape index (κ1) is 29.4. The summed E-state index contributed by atoms with van der Waals surface area (Å²) in [5, 5.41) is 22.4. The van der Waals surface area contributed by atoms with E-state index in [0.29, 0.717) is 12.0 Å². The van der Waals surface area contributed by atoms with Crippen LogP contribution >= 0.6 is 7.82 Å². The van der Waals surface area contributed by atoms with Crippen molar-refractivity contribution in [3.05, 3.63) is 105 Å². The molecule has 0 saturated carbocycles. The highest BCUT2D eigenvalue weighted by Crippen LogP contribution is 2.43. The van der Waals surface area contributed by atoms with Gasteiger partial charge in [0.05, 0.1) is 5.56 Å². The molecule has 0 saturated heterocycles. The van der Waals surface area contributed by atoms with E-state index < -0.39 is 42.5 Å². The van der Waals surface area contributed by atoms with Gasteiger partial charge in [-0.1, -0.05) is 12.1 Å². The largest absolute Gasteiger partial charge is 0.746 e. The number of hydrogen-bond acceptors (Lipinski definition) is 8. The number of carbonyl (C=O) groups excluding carboxylic acids is 1. The van der Waals surface area contributed by atoms with Crippen LogP contribution in [0.25, 0.3) is 33.4 Å². The Bertz CT molecular complexity index is 1990. The van der Waals surface area contributed by atoms with Crippen molar-refractivity contribution in [2.45, 2.75) is 6.42 Å². The second-order valence-corrected chi connectivity index (χ2v) is 10.5. The van der Waals surface area contributed by atoms with Gasteiger partial charge in [-0.2, -0.15) is 0 Å². The Balaban J connectivity index is 1.52. The van der Waals surface area contributed by atoms with Crippen molar-refractivity contribution in [1.29, 1.82) is 0 Å². The van der Waals surface area contributed by atoms with Gasteiger partial charge >= 0.3 is 13.8 Å². The van der Waals surface area contributed by atoms with Gasteiger partial charge in [-0.25, -0.2) is 13.6 Å². The Morgan fingerprint density at radius 2 is 1.70 bits per heavy atom. The molecule has 220 valence electrons. The minimum Gasteiger partial charge on any atom is -0.746 e. The van der Waals surface area contributed by atoms with Crippen molar-refractivity contribution in [2.75, 3.05) is 6.54 Å². The van der Waals surface area contributed by atoms with Crippen LogP contribution in [-0.2, 0) is 11.0 Å². The zero-order valence-electron chi connectivity index (χ0n) is 21.7. The van der Waals surface area contributed by atoms with Crippen LogP contribution < -0.4 is 20.2 Å². The molecule has 1 aliphatic heterocycles. The zero-order valence-corrected chi connectivity index (χ0v) is 22.6. The molecule has 0 fully saturated rings. The van der Waals surface area contributed by atoms with Gasteiger partial charge in [-0.3, -0.25) is 14.2 Å². The molecule has 14 heteroatoms. The number of benzene rings is 4. The minimum atomic E-state index is -4.96. The molecule has 1 heterocycles. The summed E-state index contributed by atoms with van der Waals surface area (Å²) in [7, 11) is -4.96. The topological polar surface area (TPSA) is 186 Å². The molecule has 5 rings (SSSR count). The van der Waals surface area contributed by atoms with E-state index in [9.17, 15) is 42.8 Å². The van der Waals surface area contributed by atoms with Crippen LogP contribution in [0.5, 0.6) is 11.5 Å². The first-order valence-electron chi connectivity index (χ1n) is 12.4. The van der Waals surface area contributed by atoms with Gasteiger partial charge in [0.25, 0.3) is 5.91 Å². The molecular weight excluding hydrogens is 591 g/mol. The standard InChI is InChI=1S/C29H20F2NO10P/c30-21-10-19-25(12-23(21)33)41-26-13-24(34)22(31)11-20(26)27(19)18-9-15(3-6-17(18)29(36)37)28(35)32-8-7-14-1-4-16(5-2-14)42-43(38,39)40/h1-6,9-13,33H,7-8H2,(H,32,35)(H,36,37)(H2,38,39,40)/p-1. The number of phosphoric acid groups is 1. The summed E-state index contributed by atoms with van der Waals surface area (Å²) in [4.78, 5) is 56.9. The number of carboxylic acids is 1. The first-order valence-corrected chi connectivity index (χ1v) is 13.9. The normalized spacial score (nSPS) is 12.7. The third kappa shape index (κ3) is 6.24. The van der Waals surface area contributed by atoms with Crippen LogP contribution in [0.2, 0.25) is 0 Å². The number of phenols is 1. The second kappa shape index (κ2) is 11.3. The van der Waals surface area contributed by atoms with E-state index in [1.54, 1.807) is 0 Å². The van der Waals surface area contributed by atoms with Crippen molar-refractivity contribution in [3.63, 3.8) is 0 Å². The van der Waals surface area contributed by atoms with Crippen molar-refractivity contribution in [3.8, 4) is 33.9 Å². The summed E-state index contributed by atoms with van der Waals surface area (Å²) >= 11 is 0. The number of phenolic OH excluding ortho intramolecular Hbond substituents is 1. The molecule has 0 spiro atoms. The summed E-state index contributed by atoms with van der Waals surface area (Å²) in [6.45, 7) is 0.104. The molecule has 0 aromatic heterocycles. The molecule has 1 atom stereocenters. The maximum atomic E-state index is 14.5. The predicted molar refractivity (Wildman–Crippen MR) is 146 cm³/mol. The van der Waals surface area contributed by atoms with E-state index in [2.05, 4.69) is 9.84 Å². The molecule has 1 aliphatic carbocycles. The number of hydrogen-bond donors (Lipinski definition) is 4. The van der Waals surface area contributed by atoms with Crippen molar-refractivity contribution < 1.29 is 51.9 Å². The lowest BCUT2D eigenvalue weighted by Crippen LogP contribution is -2.25. The number of carbonyl (C=O) groups is 2. The molecule has 1 unspecified atom stereocenters. The quantitative estimate of drug-likeness (QED) is 0.147. The predicted octanol–water partition coefficient (Wildman–Crippen LogP) is 4.06. The maximum Gasteiger partial charge on any atom is 0.336 e. The summed E-state index contributed by atoms with van der Waals surface area (Å²) in [5.74, 6) is -5.32. The number of rotatable bonds is 8. The molecular formula is C29H19F2NO10P-. The number of fused-ring (bicyclic) bond motifs is 2. The highest BCUT2D eigenvalue weighted by atomic mass is 31.2. The van der Waals surface area contributed by atoms with E-state index in [-0.39, 0.29) is 56.8 Å². The molecule has 4 N–H and O–H groups in total. The number of nitrogens with one attached hydrogen (secondary N) is 1. The molecule has 2 aliphatic rings. The van der Waals surface area contributed by atoms with Crippen molar-refractivity contribution in [1.82, 2.24) is 5.32 Å². The van der Waals surface area contributed by atoms with E-state index in [1.165, 1.54) is 36.4 Å². The van der Waals surface area contributed by atoms with Gasteiger partial charge in [0.1, 0.15) is 17.1 Å². The maximum absolute atomic E-state index is 14.5. The van der Waals surface area contributed by atoms with Crippen LogP contribution in [-0.4, -0.2) is 33.5 Å². The number of phosphoric ester groups is 1. The van der Waals surface area contributed by atoms with Crippen molar-refractivity contribution >= 4 is 30.7 Å². The van der Waals surface area contributed by atoms with Crippen LogP contribution in [0.4, 0.5) is 8.78 Å². The molecule has 11 nitrogen and oxygen atoms in total. The minimum absolute atomic E-state index is 0.000140. The fourth-order valence-corrected chi connectivity index (χ4v) is 4.93.